The monoisotopic (exact) mass is 340 g/mol. The highest BCUT2D eigenvalue weighted by molar-refractivity contribution is 5.89. The van der Waals surface area contributed by atoms with E-state index in [1.165, 1.54) is 19.4 Å². The molecule has 0 radical (unpaired) electrons. The summed E-state index contributed by atoms with van der Waals surface area (Å²) in [5, 5.41) is 2.21. The summed E-state index contributed by atoms with van der Waals surface area (Å²) in [6.45, 7) is 3.68. The third-order valence-electron chi connectivity index (χ3n) is 2.58. The Bertz CT molecular complexity index is 589. The first-order valence-corrected chi connectivity index (χ1v) is 7.34. The Morgan fingerprint density at radius 3 is 2.58 bits per heavy atom. The summed E-state index contributed by atoms with van der Waals surface area (Å²) in [5.41, 5.74) is 0.166. The second-order valence-electron chi connectivity index (χ2n) is 4.42. The van der Waals surface area contributed by atoms with Gasteiger partial charge in [-0.1, -0.05) is 6.92 Å². The Kier molecular flexibility index (Phi) is 8.03. The number of pyridine rings is 1. The first-order chi connectivity index (χ1) is 11.5. The number of carbonyl (C=O) groups is 3. The summed E-state index contributed by atoms with van der Waals surface area (Å²) in [7, 11) is 1.33. The minimum absolute atomic E-state index is 0.0761. The van der Waals surface area contributed by atoms with E-state index in [1.807, 2.05) is 6.92 Å². The van der Waals surface area contributed by atoms with Crippen molar-refractivity contribution in [2.45, 2.75) is 20.3 Å². The van der Waals surface area contributed by atoms with Crippen LogP contribution >= 0.6 is 0 Å². The van der Waals surface area contributed by atoms with E-state index in [2.05, 4.69) is 15.0 Å². The van der Waals surface area contributed by atoms with E-state index in [0.717, 1.165) is 0 Å². The molecule has 0 saturated heterocycles. The van der Waals surface area contributed by atoms with Gasteiger partial charge in [0.25, 0.3) is 5.88 Å². The molecule has 1 heterocycles. The standard InChI is InChI=1S/C15H20N2O7/c1-4-6-23-14(19)10-7-11(21-3)13(16-8-10)24-15(20)17-9-12(18)22-5-2/h7-8H,4-6,9H2,1-3H3,(H,17,20). The predicted octanol–water partition coefficient (Wildman–Crippen LogP) is 1.31. The van der Waals surface area contributed by atoms with Gasteiger partial charge in [-0.05, 0) is 13.3 Å². The number of nitrogens with one attached hydrogen (secondary N) is 1. The molecule has 9 heteroatoms. The predicted molar refractivity (Wildman–Crippen MR) is 82.0 cm³/mol. The van der Waals surface area contributed by atoms with Crippen molar-refractivity contribution in [3.05, 3.63) is 17.8 Å². The highest BCUT2D eigenvalue weighted by atomic mass is 16.6. The molecular formula is C15H20N2O7. The molecule has 9 nitrogen and oxygen atoms in total. The van der Waals surface area contributed by atoms with Crippen LogP contribution in [0.2, 0.25) is 0 Å². The molecule has 0 aromatic carbocycles. The quantitative estimate of drug-likeness (QED) is 0.705. The van der Waals surface area contributed by atoms with Gasteiger partial charge in [-0.3, -0.25) is 4.79 Å². The molecule has 0 aliphatic carbocycles. The molecule has 24 heavy (non-hydrogen) atoms. The van der Waals surface area contributed by atoms with Crippen LogP contribution in [0.1, 0.15) is 30.6 Å². The van der Waals surface area contributed by atoms with E-state index in [1.54, 1.807) is 6.92 Å². The van der Waals surface area contributed by atoms with Crippen LogP contribution in [0.3, 0.4) is 0 Å². The summed E-state index contributed by atoms with van der Waals surface area (Å²) in [4.78, 5) is 38.4. The fourth-order valence-corrected chi connectivity index (χ4v) is 1.52. The lowest BCUT2D eigenvalue weighted by Crippen LogP contribution is -2.33. The van der Waals surface area contributed by atoms with Crippen LogP contribution in [-0.2, 0) is 14.3 Å². The Morgan fingerprint density at radius 2 is 1.96 bits per heavy atom. The van der Waals surface area contributed by atoms with Gasteiger partial charge in [0.2, 0.25) is 0 Å². The fourth-order valence-electron chi connectivity index (χ4n) is 1.52. The van der Waals surface area contributed by atoms with Crippen molar-refractivity contribution in [1.29, 1.82) is 0 Å². The number of carbonyl (C=O) groups excluding carboxylic acids is 3. The highest BCUT2D eigenvalue weighted by Crippen LogP contribution is 2.25. The average molecular weight is 340 g/mol. The molecule has 1 aromatic rings. The van der Waals surface area contributed by atoms with Gasteiger partial charge >= 0.3 is 18.0 Å². The van der Waals surface area contributed by atoms with Crippen LogP contribution in [0.15, 0.2) is 12.3 Å². The lowest BCUT2D eigenvalue weighted by atomic mass is 10.3. The Hall–Kier alpha value is -2.84. The maximum atomic E-state index is 11.8. The second-order valence-corrected chi connectivity index (χ2v) is 4.42. The van der Waals surface area contributed by atoms with Crippen LogP contribution in [0.4, 0.5) is 4.79 Å². The third-order valence-corrected chi connectivity index (χ3v) is 2.58. The minimum atomic E-state index is -0.907. The second kappa shape index (κ2) is 10.0. The molecule has 0 aliphatic heterocycles. The van der Waals surface area contributed by atoms with Gasteiger partial charge in [-0.2, -0.15) is 0 Å². The van der Waals surface area contributed by atoms with Gasteiger partial charge in [0, 0.05) is 12.3 Å². The Morgan fingerprint density at radius 1 is 1.21 bits per heavy atom. The molecule has 0 saturated carbocycles. The first kappa shape index (κ1) is 19.2. The lowest BCUT2D eigenvalue weighted by molar-refractivity contribution is -0.141. The Labute approximate surface area is 139 Å². The van der Waals surface area contributed by atoms with Crippen molar-refractivity contribution in [1.82, 2.24) is 10.3 Å². The number of nitrogens with zero attached hydrogens (tertiary/aromatic N) is 1. The van der Waals surface area contributed by atoms with Gasteiger partial charge in [0.05, 0.1) is 25.9 Å². The molecule has 1 N–H and O–H groups in total. The fraction of sp³-hybridized carbons (Fsp3) is 0.467. The first-order valence-electron chi connectivity index (χ1n) is 7.34. The lowest BCUT2D eigenvalue weighted by Gasteiger charge is -2.10. The minimum Gasteiger partial charge on any atom is -0.491 e. The number of hydrogen-bond acceptors (Lipinski definition) is 8. The molecule has 0 unspecified atom stereocenters. The van der Waals surface area contributed by atoms with Crippen molar-refractivity contribution in [3.63, 3.8) is 0 Å². The summed E-state index contributed by atoms with van der Waals surface area (Å²) >= 11 is 0. The molecule has 1 amide bonds. The van der Waals surface area contributed by atoms with Crippen molar-refractivity contribution < 1.29 is 33.3 Å². The molecule has 0 atom stereocenters. The van der Waals surface area contributed by atoms with Crippen LogP contribution in [-0.4, -0.2) is 49.9 Å². The number of methoxy groups -OCH3 is 1. The number of rotatable bonds is 8. The number of aromatic nitrogens is 1. The van der Waals surface area contributed by atoms with Crippen molar-refractivity contribution in [2.24, 2.45) is 0 Å². The van der Waals surface area contributed by atoms with Crippen molar-refractivity contribution in [3.8, 4) is 11.6 Å². The molecule has 0 aliphatic rings. The van der Waals surface area contributed by atoms with E-state index in [0.29, 0.717) is 6.42 Å². The molecule has 0 fully saturated rings. The van der Waals surface area contributed by atoms with Crippen LogP contribution < -0.4 is 14.8 Å². The maximum absolute atomic E-state index is 11.8. The molecule has 0 bridgehead atoms. The van der Waals surface area contributed by atoms with Gasteiger partial charge in [0.1, 0.15) is 6.54 Å². The summed E-state index contributed by atoms with van der Waals surface area (Å²) in [6.07, 6.45) is 0.988. The number of hydrogen-bond donors (Lipinski definition) is 1. The zero-order valence-corrected chi connectivity index (χ0v) is 13.8. The van der Waals surface area contributed by atoms with Crippen LogP contribution in [0.5, 0.6) is 11.6 Å². The Balaban J connectivity index is 2.69. The molecule has 0 spiro atoms. The smallest absolute Gasteiger partial charge is 0.414 e. The van der Waals surface area contributed by atoms with Crippen molar-refractivity contribution >= 4 is 18.0 Å². The maximum Gasteiger partial charge on any atom is 0.414 e. The van der Waals surface area contributed by atoms with Crippen molar-refractivity contribution in [2.75, 3.05) is 26.9 Å². The zero-order valence-electron chi connectivity index (χ0n) is 13.8. The summed E-state index contributed by atoms with van der Waals surface area (Å²) in [5.74, 6) is -1.22. The van der Waals surface area contributed by atoms with Gasteiger partial charge in [-0.15, -0.1) is 0 Å². The largest absolute Gasteiger partial charge is 0.491 e. The zero-order chi connectivity index (χ0) is 17.9. The summed E-state index contributed by atoms with van der Waals surface area (Å²) in [6, 6.07) is 1.35. The normalized spacial score (nSPS) is 9.79. The molecule has 1 aromatic heterocycles. The topological polar surface area (TPSA) is 113 Å². The summed E-state index contributed by atoms with van der Waals surface area (Å²) < 4.78 is 19.6. The van der Waals surface area contributed by atoms with Crippen LogP contribution in [0.25, 0.3) is 0 Å². The van der Waals surface area contributed by atoms with Crippen LogP contribution in [0, 0.1) is 0 Å². The number of esters is 2. The van der Waals surface area contributed by atoms with Gasteiger partial charge in [-0.25, -0.2) is 14.6 Å². The van der Waals surface area contributed by atoms with Gasteiger partial charge in [0.15, 0.2) is 5.75 Å². The SMILES string of the molecule is CCCOC(=O)c1cnc(OC(=O)NCC(=O)OCC)c(OC)c1. The highest BCUT2D eigenvalue weighted by Gasteiger charge is 2.16. The van der Waals surface area contributed by atoms with E-state index in [9.17, 15) is 14.4 Å². The van der Waals surface area contributed by atoms with E-state index in [4.69, 9.17) is 14.2 Å². The average Bonchev–Trinajstić information content (AvgIpc) is 2.58. The number of ether oxygens (including phenoxy) is 4. The molecule has 132 valence electrons. The number of amides is 1. The van der Waals surface area contributed by atoms with E-state index in [-0.39, 0.29) is 37.0 Å². The molecular weight excluding hydrogens is 320 g/mol. The van der Waals surface area contributed by atoms with E-state index < -0.39 is 18.0 Å². The van der Waals surface area contributed by atoms with E-state index >= 15 is 0 Å². The van der Waals surface area contributed by atoms with Gasteiger partial charge < -0.3 is 24.3 Å². The third kappa shape index (κ3) is 6.11. The molecule has 1 rings (SSSR count).